The molecular weight excluding hydrogens is 272 g/mol. The molecule has 4 N–H and O–H groups in total. The molecule has 1 atom stereocenters. The van der Waals surface area contributed by atoms with Gasteiger partial charge in [0.05, 0.1) is 6.10 Å². The molecule has 7 nitrogen and oxygen atoms in total. The van der Waals surface area contributed by atoms with Gasteiger partial charge in [0.25, 0.3) is 5.56 Å². The lowest BCUT2D eigenvalue weighted by molar-refractivity contribution is 0.138. The van der Waals surface area contributed by atoms with Crippen LogP contribution in [0.1, 0.15) is 33.6 Å². The third kappa shape index (κ3) is 3.87. The van der Waals surface area contributed by atoms with Crippen molar-refractivity contribution in [1.82, 2.24) is 9.13 Å². The van der Waals surface area contributed by atoms with Crippen LogP contribution in [0.2, 0.25) is 0 Å². The van der Waals surface area contributed by atoms with E-state index in [9.17, 15) is 14.7 Å². The summed E-state index contributed by atoms with van der Waals surface area (Å²) in [4.78, 5) is 24.2. The third-order valence-corrected chi connectivity index (χ3v) is 3.58. The summed E-state index contributed by atoms with van der Waals surface area (Å²) in [6.07, 6.45) is 1.13. The van der Waals surface area contributed by atoms with Crippen LogP contribution in [0.4, 0.5) is 11.5 Å². The van der Waals surface area contributed by atoms with Gasteiger partial charge >= 0.3 is 5.69 Å². The molecule has 0 radical (unpaired) electrons. The number of hydrogen-bond donors (Lipinski definition) is 3. The number of nitrogens with two attached hydrogens (primary N) is 1. The molecule has 1 unspecified atom stereocenters. The Morgan fingerprint density at radius 3 is 2.48 bits per heavy atom. The van der Waals surface area contributed by atoms with Crippen molar-refractivity contribution in [3.8, 4) is 0 Å². The van der Waals surface area contributed by atoms with Gasteiger partial charge in [0.2, 0.25) is 0 Å². The number of anilines is 2. The Labute approximate surface area is 124 Å². The van der Waals surface area contributed by atoms with Crippen LogP contribution in [0.25, 0.3) is 0 Å². The largest absolute Gasteiger partial charge is 0.391 e. The maximum atomic E-state index is 12.1. The lowest BCUT2D eigenvalue weighted by Gasteiger charge is -2.19. The first kappa shape index (κ1) is 17.3. The average Bonchev–Trinajstić information content (AvgIpc) is 2.44. The van der Waals surface area contributed by atoms with Crippen molar-refractivity contribution < 1.29 is 5.11 Å². The molecule has 7 heteroatoms. The van der Waals surface area contributed by atoms with E-state index in [0.29, 0.717) is 6.54 Å². The van der Waals surface area contributed by atoms with Gasteiger partial charge in [-0.3, -0.25) is 13.9 Å². The summed E-state index contributed by atoms with van der Waals surface area (Å²) in [6, 6.07) is 0. The van der Waals surface area contributed by atoms with Crippen LogP contribution in [0.5, 0.6) is 0 Å². The minimum Gasteiger partial charge on any atom is -0.391 e. The van der Waals surface area contributed by atoms with Crippen molar-refractivity contribution in [2.45, 2.75) is 46.3 Å². The maximum Gasteiger partial charge on any atom is 0.332 e. The van der Waals surface area contributed by atoms with Gasteiger partial charge in [0.1, 0.15) is 11.5 Å². The van der Waals surface area contributed by atoms with Gasteiger partial charge in [-0.15, -0.1) is 0 Å². The van der Waals surface area contributed by atoms with Crippen LogP contribution < -0.4 is 22.3 Å². The lowest BCUT2D eigenvalue weighted by atomic mass is 10.1. The molecule has 1 rings (SSSR count). The Balaban J connectivity index is 3.17. The highest BCUT2D eigenvalue weighted by Crippen LogP contribution is 2.12. The van der Waals surface area contributed by atoms with Gasteiger partial charge < -0.3 is 16.2 Å². The van der Waals surface area contributed by atoms with Crippen LogP contribution >= 0.6 is 0 Å². The number of nitrogens with one attached hydrogen (secondary N) is 1. The number of nitrogens with zero attached hydrogens (tertiary/aromatic N) is 2. The van der Waals surface area contributed by atoms with Gasteiger partial charge in [0.15, 0.2) is 0 Å². The molecule has 0 aliphatic carbocycles. The molecule has 0 amide bonds. The molecule has 120 valence electrons. The van der Waals surface area contributed by atoms with Crippen LogP contribution in [-0.4, -0.2) is 26.9 Å². The van der Waals surface area contributed by atoms with E-state index in [4.69, 9.17) is 5.73 Å². The molecule has 1 aromatic rings. The molecule has 0 aromatic carbocycles. The van der Waals surface area contributed by atoms with Crippen molar-refractivity contribution in [1.29, 1.82) is 0 Å². The van der Waals surface area contributed by atoms with Crippen LogP contribution in [0.15, 0.2) is 9.59 Å². The highest BCUT2D eigenvalue weighted by atomic mass is 16.3. The number of nitrogen functional groups attached to an aromatic ring is 1. The topological polar surface area (TPSA) is 102 Å². The maximum absolute atomic E-state index is 12.1. The normalized spacial score (nSPS) is 12.7. The number of hydrogen-bond acceptors (Lipinski definition) is 5. The Hall–Kier alpha value is -1.76. The standard InChI is InChI=1S/C14H26N4O3/c1-5-6-7-18-12(15)11(13(20)17(4)14(18)21)16-8-10(19)9(2)3/h9-10,16,19H,5-8,15H2,1-4H3. The number of aliphatic hydroxyl groups is 1. The summed E-state index contributed by atoms with van der Waals surface area (Å²) < 4.78 is 2.44. The molecule has 0 saturated heterocycles. The Morgan fingerprint density at radius 1 is 1.33 bits per heavy atom. The van der Waals surface area contributed by atoms with Gasteiger partial charge in [0, 0.05) is 20.1 Å². The zero-order valence-corrected chi connectivity index (χ0v) is 13.2. The number of aliphatic hydroxyl groups excluding tert-OH is 1. The monoisotopic (exact) mass is 298 g/mol. The summed E-state index contributed by atoms with van der Waals surface area (Å²) >= 11 is 0. The second kappa shape index (κ2) is 7.31. The zero-order valence-electron chi connectivity index (χ0n) is 13.2. The Bertz CT molecular complexity index is 589. The van der Waals surface area contributed by atoms with E-state index in [1.54, 1.807) is 0 Å². The van der Waals surface area contributed by atoms with E-state index in [0.717, 1.165) is 17.4 Å². The SMILES string of the molecule is CCCCn1c(N)c(NCC(O)C(C)C)c(=O)n(C)c1=O. The zero-order chi connectivity index (χ0) is 16.2. The van der Waals surface area contributed by atoms with E-state index >= 15 is 0 Å². The van der Waals surface area contributed by atoms with E-state index < -0.39 is 17.4 Å². The first-order valence-electron chi connectivity index (χ1n) is 7.32. The van der Waals surface area contributed by atoms with Crippen molar-refractivity contribution in [3.63, 3.8) is 0 Å². The predicted molar refractivity (Wildman–Crippen MR) is 84.6 cm³/mol. The second-order valence-electron chi connectivity index (χ2n) is 5.60. The first-order chi connectivity index (χ1) is 9.81. The summed E-state index contributed by atoms with van der Waals surface area (Å²) in [5, 5.41) is 12.7. The molecule has 0 spiro atoms. The van der Waals surface area contributed by atoms with Crippen LogP contribution in [-0.2, 0) is 13.6 Å². The number of rotatable bonds is 7. The molecule has 0 fully saturated rings. The smallest absolute Gasteiger partial charge is 0.332 e. The van der Waals surface area contributed by atoms with E-state index in [2.05, 4.69) is 5.32 Å². The summed E-state index contributed by atoms with van der Waals surface area (Å²) in [6.45, 7) is 6.47. The molecule has 0 aliphatic rings. The fraction of sp³-hybridized carbons (Fsp3) is 0.714. The van der Waals surface area contributed by atoms with Crippen molar-refractivity contribution >= 4 is 11.5 Å². The summed E-state index contributed by atoms with van der Waals surface area (Å²) in [5.41, 5.74) is 5.25. The van der Waals surface area contributed by atoms with Gasteiger partial charge in [-0.2, -0.15) is 0 Å². The minimum atomic E-state index is -0.592. The Morgan fingerprint density at radius 2 is 1.95 bits per heavy atom. The quantitative estimate of drug-likeness (QED) is 0.674. The molecule has 0 aliphatic heterocycles. The van der Waals surface area contributed by atoms with Gasteiger partial charge in [-0.1, -0.05) is 27.2 Å². The van der Waals surface area contributed by atoms with Gasteiger partial charge in [-0.25, -0.2) is 4.79 Å². The summed E-state index contributed by atoms with van der Waals surface area (Å²) in [7, 11) is 1.43. The molecule has 1 heterocycles. The molecule has 21 heavy (non-hydrogen) atoms. The average molecular weight is 298 g/mol. The van der Waals surface area contributed by atoms with Crippen LogP contribution in [0, 0.1) is 5.92 Å². The third-order valence-electron chi connectivity index (χ3n) is 3.58. The fourth-order valence-electron chi connectivity index (χ4n) is 1.92. The predicted octanol–water partition coefficient (Wildman–Crippen LogP) is 0.358. The van der Waals surface area contributed by atoms with E-state index in [1.807, 2.05) is 20.8 Å². The Kier molecular flexibility index (Phi) is 6.02. The molecule has 1 aromatic heterocycles. The van der Waals surface area contributed by atoms with Gasteiger partial charge in [-0.05, 0) is 12.3 Å². The molecule has 0 saturated carbocycles. The second-order valence-corrected chi connectivity index (χ2v) is 5.60. The van der Waals surface area contributed by atoms with Crippen molar-refractivity contribution in [3.05, 3.63) is 20.8 Å². The number of unbranched alkanes of at least 4 members (excludes halogenated alkanes) is 1. The lowest BCUT2D eigenvalue weighted by Crippen LogP contribution is -2.41. The number of aromatic nitrogens is 2. The van der Waals surface area contributed by atoms with E-state index in [-0.39, 0.29) is 24.0 Å². The van der Waals surface area contributed by atoms with Crippen molar-refractivity contribution in [2.75, 3.05) is 17.6 Å². The first-order valence-corrected chi connectivity index (χ1v) is 7.32. The minimum absolute atomic E-state index is 0.0635. The highest BCUT2D eigenvalue weighted by Gasteiger charge is 2.16. The summed E-state index contributed by atoms with van der Waals surface area (Å²) in [5.74, 6) is 0.195. The highest BCUT2D eigenvalue weighted by molar-refractivity contribution is 5.60. The molecular formula is C14H26N4O3. The fourth-order valence-corrected chi connectivity index (χ4v) is 1.92. The van der Waals surface area contributed by atoms with Crippen LogP contribution in [0.3, 0.4) is 0 Å². The van der Waals surface area contributed by atoms with Crippen molar-refractivity contribution in [2.24, 2.45) is 13.0 Å². The molecule has 0 bridgehead atoms. The van der Waals surface area contributed by atoms with E-state index in [1.165, 1.54) is 11.6 Å².